The third-order valence-corrected chi connectivity index (χ3v) is 4.75. The molecule has 0 atom stereocenters. The van der Waals surface area contributed by atoms with Crippen LogP contribution in [0.5, 0.6) is 0 Å². The molecule has 0 amide bonds. The predicted octanol–water partition coefficient (Wildman–Crippen LogP) is 3.60. The Balaban J connectivity index is 1.51. The van der Waals surface area contributed by atoms with Crippen LogP contribution in [0.3, 0.4) is 0 Å². The molecule has 0 unspecified atom stereocenters. The lowest BCUT2D eigenvalue weighted by Gasteiger charge is -2.26. The van der Waals surface area contributed by atoms with Crippen molar-refractivity contribution in [3.8, 4) is 0 Å². The van der Waals surface area contributed by atoms with Crippen LogP contribution in [0.2, 0.25) is 0 Å². The van der Waals surface area contributed by atoms with Crippen LogP contribution in [-0.4, -0.2) is 36.8 Å². The molecule has 0 bridgehead atoms. The zero-order chi connectivity index (χ0) is 19.7. The SMILES string of the molecule is OC1CCC(Nc2nccc3nc(Nc4ccc(C(F)(F)F)cc4)nn23)CC1. The quantitative estimate of drug-likeness (QED) is 0.629. The van der Waals surface area contributed by atoms with Gasteiger partial charge in [-0.2, -0.15) is 22.7 Å². The monoisotopic (exact) mass is 392 g/mol. The Bertz CT molecular complexity index is 948. The molecule has 3 N–H and O–H groups in total. The molecule has 1 fully saturated rings. The van der Waals surface area contributed by atoms with E-state index in [1.54, 1.807) is 16.8 Å². The summed E-state index contributed by atoms with van der Waals surface area (Å²) in [6.45, 7) is 0. The molecule has 1 aliphatic rings. The molecule has 1 aromatic carbocycles. The first-order valence-corrected chi connectivity index (χ1v) is 8.99. The number of aliphatic hydroxyl groups excluding tert-OH is 1. The summed E-state index contributed by atoms with van der Waals surface area (Å²) in [5.74, 6) is 0.793. The van der Waals surface area contributed by atoms with Gasteiger partial charge in [0.15, 0.2) is 5.65 Å². The van der Waals surface area contributed by atoms with Crippen molar-refractivity contribution < 1.29 is 18.3 Å². The summed E-state index contributed by atoms with van der Waals surface area (Å²) in [5, 5.41) is 20.2. The smallest absolute Gasteiger partial charge is 0.393 e. The molecule has 2 heterocycles. The van der Waals surface area contributed by atoms with Gasteiger partial charge in [0.1, 0.15) is 0 Å². The molecule has 1 aliphatic carbocycles. The van der Waals surface area contributed by atoms with Crippen LogP contribution >= 0.6 is 0 Å². The zero-order valence-corrected chi connectivity index (χ0v) is 14.8. The van der Waals surface area contributed by atoms with Crippen LogP contribution in [0.4, 0.5) is 30.8 Å². The first-order valence-electron chi connectivity index (χ1n) is 8.99. The van der Waals surface area contributed by atoms with Gasteiger partial charge < -0.3 is 15.7 Å². The summed E-state index contributed by atoms with van der Waals surface area (Å²) < 4.78 is 39.6. The molecule has 4 rings (SSSR count). The standard InChI is InChI=1S/C18H19F3N6O/c19-18(20,21)11-1-3-12(4-2-11)23-16-25-15-9-10-22-17(27(15)26-16)24-13-5-7-14(28)8-6-13/h1-4,9-10,13-14,28H,5-8H2,(H,22,24)(H,23,26). The predicted molar refractivity (Wildman–Crippen MR) is 97.4 cm³/mol. The highest BCUT2D eigenvalue weighted by atomic mass is 19.4. The molecule has 3 aromatic rings. The Kier molecular flexibility index (Phi) is 4.80. The third kappa shape index (κ3) is 4.01. The molecule has 10 heteroatoms. The molecule has 0 spiro atoms. The van der Waals surface area contributed by atoms with Gasteiger partial charge in [0.05, 0.1) is 11.7 Å². The van der Waals surface area contributed by atoms with Crippen LogP contribution in [0.1, 0.15) is 31.2 Å². The first kappa shape index (κ1) is 18.5. The van der Waals surface area contributed by atoms with Gasteiger partial charge in [0.2, 0.25) is 11.9 Å². The fraction of sp³-hybridized carbons (Fsp3) is 0.389. The number of fused-ring (bicyclic) bond motifs is 1. The number of nitrogens with one attached hydrogen (secondary N) is 2. The highest BCUT2D eigenvalue weighted by Gasteiger charge is 2.30. The Labute approximate surface area is 158 Å². The summed E-state index contributed by atoms with van der Waals surface area (Å²) in [4.78, 5) is 8.66. The van der Waals surface area contributed by atoms with Crippen molar-refractivity contribution in [3.05, 3.63) is 42.1 Å². The van der Waals surface area contributed by atoms with Gasteiger partial charge in [-0.05, 0) is 49.9 Å². The molecule has 28 heavy (non-hydrogen) atoms. The minimum atomic E-state index is -4.37. The van der Waals surface area contributed by atoms with E-state index in [-0.39, 0.29) is 18.1 Å². The van der Waals surface area contributed by atoms with Gasteiger partial charge >= 0.3 is 6.18 Å². The lowest BCUT2D eigenvalue weighted by molar-refractivity contribution is -0.137. The average molecular weight is 392 g/mol. The number of benzene rings is 1. The van der Waals surface area contributed by atoms with Gasteiger partial charge in [-0.15, -0.1) is 5.10 Å². The van der Waals surface area contributed by atoms with Crippen molar-refractivity contribution >= 4 is 23.2 Å². The topological polar surface area (TPSA) is 87.4 Å². The van der Waals surface area contributed by atoms with Crippen LogP contribution in [0.15, 0.2) is 36.5 Å². The average Bonchev–Trinajstić information content (AvgIpc) is 3.07. The van der Waals surface area contributed by atoms with Gasteiger partial charge in [0.25, 0.3) is 0 Å². The van der Waals surface area contributed by atoms with Crippen LogP contribution in [0.25, 0.3) is 5.65 Å². The number of hydrogen-bond donors (Lipinski definition) is 3. The summed E-state index contributed by atoms with van der Waals surface area (Å²) in [5.41, 5.74) is 0.296. The fourth-order valence-electron chi connectivity index (χ4n) is 3.24. The Morgan fingerprint density at radius 3 is 2.43 bits per heavy atom. The van der Waals surface area contributed by atoms with E-state index in [1.165, 1.54) is 12.1 Å². The molecule has 1 saturated carbocycles. The molecular weight excluding hydrogens is 373 g/mol. The number of anilines is 3. The van der Waals surface area contributed by atoms with E-state index in [9.17, 15) is 18.3 Å². The fourth-order valence-corrected chi connectivity index (χ4v) is 3.24. The van der Waals surface area contributed by atoms with E-state index in [0.717, 1.165) is 37.8 Å². The number of alkyl halides is 3. The maximum absolute atomic E-state index is 12.7. The van der Waals surface area contributed by atoms with E-state index in [4.69, 9.17) is 0 Å². The number of aliphatic hydroxyl groups is 1. The van der Waals surface area contributed by atoms with E-state index in [1.807, 2.05) is 0 Å². The van der Waals surface area contributed by atoms with E-state index in [0.29, 0.717) is 17.3 Å². The van der Waals surface area contributed by atoms with Crippen LogP contribution in [0, 0.1) is 0 Å². The number of aromatic nitrogens is 4. The van der Waals surface area contributed by atoms with E-state index < -0.39 is 11.7 Å². The van der Waals surface area contributed by atoms with Crippen molar-refractivity contribution in [3.63, 3.8) is 0 Å². The minimum absolute atomic E-state index is 0.192. The summed E-state index contributed by atoms with van der Waals surface area (Å²) >= 11 is 0. The second kappa shape index (κ2) is 7.27. The number of hydrogen-bond acceptors (Lipinski definition) is 6. The summed E-state index contributed by atoms with van der Waals surface area (Å²) in [7, 11) is 0. The molecular formula is C18H19F3N6O. The number of halogens is 3. The molecule has 0 aliphatic heterocycles. The number of nitrogens with zero attached hydrogens (tertiary/aromatic N) is 4. The second-order valence-corrected chi connectivity index (χ2v) is 6.82. The molecule has 2 aromatic heterocycles. The van der Waals surface area contributed by atoms with Crippen molar-refractivity contribution in [1.29, 1.82) is 0 Å². The highest BCUT2D eigenvalue weighted by molar-refractivity contribution is 5.57. The van der Waals surface area contributed by atoms with Gasteiger partial charge in [-0.1, -0.05) is 0 Å². The Hall–Kier alpha value is -2.88. The van der Waals surface area contributed by atoms with Gasteiger partial charge in [-0.25, -0.2) is 4.98 Å². The van der Waals surface area contributed by atoms with Crippen molar-refractivity contribution in [2.24, 2.45) is 0 Å². The molecule has 148 valence electrons. The Morgan fingerprint density at radius 2 is 1.75 bits per heavy atom. The van der Waals surface area contributed by atoms with Gasteiger partial charge in [0, 0.05) is 24.0 Å². The first-order chi connectivity index (χ1) is 13.4. The Morgan fingerprint density at radius 1 is 1.04 bits per heavy atom. The largest absolute Gasteiger partial charge is 0.416 e. The summed E-state index contributed by atoms with van der Waals surface area (Å²) in [6, 6.07) is 6.56. The lowest BCUT2D eigenvalue weighted by Crippen LogP contribution is -2.29. The normalized spacial score (nSPS) is 20.3. The molecule has 0 radical (unpaired) electrons. The van der Waals surface area contributed by atoms with Crippen LogP contribution in [-0.2, 0) is 6.18 Å². The maximum Gasteiger partial charge on any atom is 0.416 e. The van der Waals surface area contributed by atoms with Gasteiger partial charge in [-0.3, -0.25) is 0 Å². The lowest BCUT2D eigenvalue weighted by atomic mass is 9.93. The highest BCUT2D eigenvalue weighted by Crippen LogP contribution is 2.30. The molecule has 7 nitrogen and oxygen atoms in total. The van der Waals surface area contributed by atoms with Crippen molar-refractivity contribution in [2.75, 3.05) is 10.6 Å². The van der Waals surface area contributed by atoms with Crippen LogP contribution < -0.4 is 10.6 Å². The van der Waals surface area contributed by atoms with Crippen molar-refractivity contribution in [1.82, 2.24) is 19.6 Å². The van der Waals surface area contributed by atoms with Crippen molar-refractivity contribution in [2.45, 2.75) is 44.0 Å². The second-order valence-electron chi connectivity index (χ2n) is 6.82. The molecule has 0 saturated heterocycles. The van der Waals surface area contributed by atoms with E-state index in [2.05, 4.69) is 25.7 Å². The minimum Gasteiger partial charge on any atom is -0.393 e. The zero-order valence-electron chi connectivity index (χ0n) is 14.8. The van der Waals surface area contributed by atoms with E-state index >= 15 is 0 Å². The summed E-state index contributed by atoms with van der Waals surface area (Å²) in [6.07, 6.45) is 0.160. The number of rotatable bonds is 4. The maximum atomic E-state index is 12.7. The third-order valence-electron chi connectivity index (χ3n) is 4.75.